The number of amides is 2. The number of carbonyl (C=O) groups excluding carboxylic acids is 2. The number of pyridine rings is 1. The van der Waals surface area contributed by atoms with Gasteiger partial charge < -0.3 is 20.5 Å². The van der Waals surface area contributed by atoms with Crippen LogP contribution in [0, 0.1) is 5.92 Å². The maximum absolute atomic E-state index is 13.7. The molecule has 2 aliphatic rings. The topological polar surface area (TPSA) is 119 Å². The fourth-order valence-electron chi connectivity index (χ4n) is 5.20. The van der Waals surface area contributed by atoms with Crippen molar-refractivity contribution in [3.63, 3.8) is 0 Å². The van der Waals surface area contributed by atoms with Crippen molar-refractivity contribution in [1.29, 1.82) is 0 Å². The van der Waals surface area contributed by atoms with Crippen molar-refractivity contribution in [1.82, 2.24) is 24.4 Å². The van der Waals surface area contributed by atoms with Gasteiger partial charge in [0.15, 0.2) is 0 Å². The molecule has 3 N–H and O–H groups in total. The van der Waals surface area contributed by atoms with E-state index in [1.807, 2.05) is 22.8 Å². The number of fused-ring (bicyclic) bond motifs is 4. The standard InChI is InChI=1S/C25H22BrN7O2/c1-2-13-6-7-16-15(8-13)22-23(27)28-12-29-24(22)32(16)11-21(34)33-17-9-14(17)10-18(33)25(35)31-20-5-3-4-19(26)30-20/h2-8,12,14,17-18H,1,9-11H2,(H2,27,28,29)(H,30,31,35)/t14?,17-,18+/m1/s1. The maximum atomic E-state index is 13.7. The Morgan fingerprint density at radius 3 is 2.89 bits per heavy atom. The number of nitrogens with one attached hydrogen (secondary N) is 1. The average molecular weight is 532 g/mol. The molecule has 0 bridgehead atoms. The molecule has 1 saturated heterocycles. The van der Waals surface area contributed by atoms with E-state index in [0.717, 1.165) is 22.9 Å². The van der Waals surface area contributed by atoms with Gasteiger partial charge in [-0.1, -0.05) is 24.8 Å². The van der Waals surface area contributed by atoms with Crippen LogP contribution in [0.2, 0.25) is 0 Å². The van der Waals surface area contributed by atoms with Crippen LogP contribution in [0.4, 0.5) is 11.6 Å². The predicted octanol–water partition coefficient (Wildman–Crippen LogP) is 3.60. The van der Waals surface area contributed by atoms with E-state index >= 15 is 0 Å². The van der Waals surface area contributed by atoms with E-state index in [0.29, 0.717) is 39.6 Å². The molecule has 1 unspecified atom stereocenters. The molecule has 1 aromatic carbocycles. The third-order valence-electron chi connectivity index (χ3n) is 6.88. The number of carbonyl (C=O) groups is 2. The van der Waals surface area contributed by atoms with Crippen molar-refractivity contribution in [3.8, 4) is 0 Å². The molecule has 4 heterocycles. The van der Waals surface area contributed by atoms with Gasteiger partial charge >= 0.3 is 0 Å². The van der Waals surface area contributed by atoms with Gasteiger partial charge in [0.25, 0.3) is 0 Å². The Hall–Kier alpha value is -3.79. The molecule has 6 rings (SSSR count). The van der Waals surface area contributed by atoms with Crippen molar-refractivity contribution in [3.05, 3.63) is 59.5 Å². The number of nitrogen functional groups attached to an aromatic ring is 1. The summed E-state index contributed by atoms with van der Waals surface area (Å²) in [5, 5.41) is 4.43. The summed E-state index contributed by atoms with van der Waals surface area (Å²) in [6, 6.07) is 10.7. The van der Waals surface area contributed by atoms with Gasteiger partial charge in [-0.25, -0.2) is 15.0 Å². The van der Waals surface area contributed by atoms with Crippen LogP contribution >= 0.6 is 15.9 Å². The predicted molar refractivity (Wildman–Crippen MR) is 137 cm³/mol. The first-order valence-electron chi connectivity index (χ1n) is 11.3. The number of nitrogens with zero attached hydrogens (tertiary/aromatic N) is 5. The number of anilines is 2. The molecule has 0 spiro atoms. The number of likely N-dealkylation sites (tertiary alicyclic amines) is 1. The summed E-state index contributed by atoms with van der Waals surface area (Å²) in [6.45, 7) is 3.89. The smallest absolute Gasteiger partial charge is 0.248 e. The highest BCUT2D eigenvalue weighted by molar-refractivity contribution is 9.10. The van der Waals surface area contributed by atoms with E-state index in [9.17, 15) is 9.59 Å². The van der Waals surface area contributed by atoms with E-state index in [1.54, 1.807) is 29.2 Å². The summed E-state index contributed by atoms with van der Waals surface area (Å²) in [5.41, 5.74) is 8.56. The number of benzene rings is 1. The molecule has 2 fully saturated rings. The Labute approximate surface area is 209 Å². The Morgan fingerprint density at radius 2 is 2.09 bits per heavy atom. The molecule has 3 atom stereocenters. The van der Waals surface area contributed by atoms with E-state index in [1.165, 1.54) is 6.33 Å². The normalized spacial score (nSPS) is 20.7. The van der Waals surface area contributed by atoms with E-state index in [4.69, 9.17) is 5.73 Å². The zero-order valence-corrected chi connectivity index (χ0v) is 20.3. The second kappa shape index (κ2) is 8.16. The van der Waals surface area contributed by atoms with Crippen LogP contribution in [-0.4, -0.2) is 48.3 Å². The van der Waals surface area contributed by atoms with Gasteiger partial charge in [-0.2, -0.15) is 0 Å². The number of rotatable bonds is 5. The molecule has 1 aliphatic heterocycles. The molecule has 35 heavy (non-hydrogen) atoms. The van der Waals surface area contributed by atoms with Gasteiger partial charge in [0.2, 0.25) is 11.8 Å². The van der Waals surface area contributed by atoms with Crippen LogP contribution < -0.4 is 11.1 Å². The summed E-state index contributed by atoms with van der Waals surface area (Å²) in [6.07, 6.45) is 4.74. The lowest BCUT2D eigenvalue weighted by molar-refractivity contribution is -0.138. The Balaban J connectivity index is 1.33. The van der Waals surface area contributed by atoms with Crippen molar-refractivity contribution in [2.45, 2.75) is 31.5 Å². The van der Waals surface area contributed by atoms with Crippen molar-refractivity contribution >= 4 is 67.4 Å². The quantitative estimate of drug-likeness (QED) is 0.379. The highest BCUT2D eigenvalue weighted by atomic mass is 79.9. The molecule has 0 radical (unpaired) electrons. The van der Waals surface area contributed by atoms with Gasteiger partial charge in [-0.3, -0.25) is 9.59 Å². The molecule has 176 valence electrons. The SMILES string of the molecule is C=Cc1ccc2c(c1)c1c(N)ncnc1n2CC(=O)N1[C@@H]2CC2C[C@H]1C(=O)Nc1cccc(Br)n1. The highest BCUT2D eigenvalue weighted by Gasteiger charge is 2.56. The molecule has 1 aliphatic carbocycles. The fourth-order valence-corrected chi connectivity index (χ4v) is 5.54. The van der Waals surface area contributed by atoms with Crippen LogP contribution in [0.25, 0.3) is 28.0 Å². The molecule has 3 aromatic heterocycles. The summed E-state index contributed by atoms with van der Waals surface area (Å²) in [5.74, 6) is 0.817. The van der Waals surface area contributed by atoms with Gasteiger partial charge in [0.1, 0.15) is 40.8 Å². The zero-order valence-electron chi connectivity index (χ0n) is 18.7. The first-order valence-corrected chi connectivity index (χ1v) is 12.1. The van der Waals surface area contributed by atoms with E-state index < -0.39 is 6.04 Å². The van der Waals surface area contributed by atoms with Gasteiger partial charge in [0.05, 0.1) is 10.9 Å². The fraction of sp³-hybridized carbons (Fsp3) is 0.240. The third-order valence-corrected chi connectivity index (χ3v) is 7.33. The largest absolute Gasteiger partial charge is 0.383 e. The van der Waals surface area contributed by atoms with E-state index in [-0.39, 0.29) is 24.4 Å². The Bertz CT molecular complexity index is 1530. The van der Waals surface area contributed by atoms with Crippen molar-refractivity contribution in [2.75, 3.05) is 11.1 Å². The van der Waals surface area contributed by atoms with Crippen molar-refractivity contribution in [2.24, 2.45) is 5.92 Å². The highest BCUT2D eigenvalue weighted by Crippen LogP contribution is 2.48. The molecular weight excluding hydrogens is 510 g/mol. The number of piperidine rings is 1. The van der Waals surface area contributed by atoms with Crippen LogP contribution in [0.1, 0.15) is 18.4 Å². The van der Waals surface area contributed by atoms with Crippen LogP contribution in [-0.2, 0) is 16.1 Å². The third kappa shape index (κ3) is 3.65. The summed E-state index contributed by atoms with van der Waals surface area (Å²) in [4.78, 5) is 41.4. The number of hydrogen-bond donors (Lipinski definition) is 2. The molecule has 10 heteroatoms. The minimum atomic E-state index is -0.535. The minimum absolute atomic E-state index is 0.0476. The Morgan fingerprint density at radius 1 is 1.23 bits per heavy atom. The van der Waals surface area contributed by atoms with Crippen LogP contribution in [0.5, 0.6) is 0 Å². The molecule has 1 saturated carbocycles. The minimum Gasteiger partial charge on any atom is -0.383 e. The number of nitrogens with two attached hydrogens (primary N) is 1. The lowest BCUT2D eigenvalue weighted by Crippen LogP contribution is -2.46. The monoisotopic (exact) mass is 531 g/mol. The molecular formula is C25H22BrN7O2. The van der Waals surface area contributed by atoms with Gasteiger partial charge in [-0.05, 0) is 64.5 Å². The summed E-state index contributed by atoms with van der Waals surface area (Å²) in [7, 11) is 0. The number of halogens is 1. The second-order valence-electron chi connectivity index (χ2n) is 8.97. The number of aromatic nitrogens is 4. The molecule has 2 amide bonds. The zero-order chi connectivity index (χ0) is 24.3. The average Bonchev–Trinajstić information content (AvgIpc) is 3.39. The number of hydrogen-bond acceptors (Lipinski definition) is 6. The van der Waals surface area contributed by atoms with Crippen LogP contribution in [0.3, 0.4) is 0 Å². The van der Waals surface area contributed by atoms with Crippen LogP contribution in [0.15, 0.2) is 53.9 Å². The molecule has 4 aromatic rings. The first kappa shape index (κ1) is 21.7. The Kier molecular flexibility index (Phi) is 5.06. The lowest BCUT2D eigenvalue weighted by Gasteiger charge is -2.27. The van der Waals surface area contributed by atoms with E-state index in [2.05, 4.69) is 42.8 Å². The molecule has 9 nitrogen and oxygen atoms in total. The summed E-state index contributed by atoms with van der Waals surface area (Å²) >= 11 is 3.32. The lowest BCUT2D eigenvalue weighted by atomic mass is 10.1. The summed E-state index contributed by atoms with van der Waals surface area (Å²) < 4.78 is 2.49. The van der Waals surface area contributed by atoms with Crippen molar-refractivity contribution < 1.29 is 9.59 Å². The second-order valence-corrected chi connectivity index (χ2v) is 9.79. The maximum Gasteiger partial charge on any atom is 0.248 e. The van der Waals surface area contributed by atoms with Gasteiger partial charge in [-0.15, -0.1) is 0 Å². The first-order chi connectivity index (χ1) is 16.9. The van der Waals surface area contributed by atoms with Gasteiger partial charge in [0, 0.05) is 11.4 Å².